The van der Waals surface area contributed by atoms with Crippen molar-refractivity contribution in [1.82, 2.24) is 19.7 Å². The molecule has 9 nitrogen and oxygen atoms in total. The van der Waals surface area contributed by atoms with Crippen LogP contribution in [0.2, 0.25) is 0 Å². The van der Waals surface area contributed by atoms with Crippen LogP contribution in [0.25, 0.3) is 0 Å². The fourth-order valence-electron chi connectivity index (χ4n) is 1.56. The summed E-state index contributed by atoms with van der Waals surface area (Å²) in [7, 11) is 1.86. The number of nitrogens with zero attached hydrogens (tertiary/aromatic N) is 5. The van der Waals surface area contributed by atoms with Crippen LogP contribution < -0.4 is 11.1 Å². The van der Waals surface area contributed by atoms with Gasteiger partial charge in [-0.25, -0.2) is 4.98 Å². The van der Waals surface area contributed by atoms with Crippen molar-refractivity contribution in [3.05, 3.63) is 34.4 Å². The Morgan fingerprint density at radius 3 is 2.89 bits per heavy atom. The highest BCUT2D eigenvalue weighted by molar-refractivity contribution is 5.57. The van der Waals surface area contributed by atoms with Gasteiger partial charge in [-0.15, -0.1) is 10.2 Å². The number of nitrogens with two attached hydrogens (primary N) is 1. The molecule has 19 heavy (non-hydrogen) atoms. The molecule has 0 saturated heterocycles. The topological polar surface area (TPSA) is 125 Å². The van der Waals surface area contributed by atoms with E-state index in [9.17, 15) is 10.1 Å². The molecule has 0 atom stereocenters. The van der Waals surface area contributed by atoms with Gasteiger partial charge in [0, 0.05) is 26.1 Å². The third kappa shape index (κ3) is 2.94. The van der Waals surface area contributed by atoms with Crippen LogP contribution in [-0.4, -0.2) is 31.2 Å². The van der Waals surface area contributed by atoms with Crippen LogP contribution in [0, 0.1) is 10.1 Å². The van der Waals surface area contributed by atoms with Crippen molar-refractivity contribution in [3.8, 4) is 0 Å². The Balaban J connectivity index is 1.95. The number of pyridine rings is 1. The van der Waals surface area contributed by atoms with Gasteiger partial charge in [0.15, 0.2) is 0 Å². The molecule has 0 aliphatic carbocycles. The fraction of sp³-hybridized carbons (Fsp3) is 0.300. The zero-order valence-corrected chi connectivity index (χ0v) is 10.3. The van der Waals surface area contributed by atoms with Crippen LogP contribution in [-0.2, 0) is 13.5 Å². The number of nitrogens with one attached hydrogen (secondary N) is 1. The smallest absolute Gasteiger partial charge is 0.311 e. The molecule has 0 aliphatic heterocycles. The van der Waals surface area contributed by atoms with Crippen LogP contribution in [0.3, 0.4) is 0 Å². The number of aromatic nitrogens is 4. The zero-order valence-electron chi connectivity index (χ0n) is 10.3. The van der Waals surface area contributed by atoms with Crippen molar-refractivity contribution >= 4 is 17.3 Å². The molecule has 2 heterocycles. The number of hydrogen-bond donors (Lipinski definition) is 2. The van der Waals surface area contributed by atoms with Gasteiger partial charge in [0.25, 0.3) is 0 Å². The third-order valence-corrected chi connectivity index (χ3v) is 2.56. The number of rotatable bonds is 5. The minimum absolute atomic E-state index is 0.103. The van der Waals surface area contributed by atoms with Crippen LogP contribution in [0.15, 0.2) is 18.5 Å². The number of hydrogen-bond acceptors (Lipinski definition) is 7. The summed E-state index contributed by atoms with van der Waals surface area (Å²) < 4.78 is 1.82. The molecule has 0 amide bonds. The van der Waals surface area contributed by atoms with E-state index in [1.165, 1.54) is 12.1 Å². The Labute approximate surface area is 108 Å². The van der Waals surface area contributed by atoms with Gasteiger partial charge in [-0.05, 0) is 6.07 Å². The van der Waals surface area contributed by atoms with E-state index in [2.05, 4.69) is 20.5 Å². The maximum Gasteiger partial charge on any atom is 0.311 e. The summed E-state index contributed by atoms with van der Waals surface area (Å²) in [5.74, 6) is 1.22. The van der Waals surface area contributed by atoms with Crippen molar-refractivity contribution in [3.63, 3.8) is 0 Å². The molecular formula is C10H13N7O2. The summed E-state index contributed by atoms with van der Waals surface area (Å²) in [5, 5.41) is 21.3. The average molecular weight is 263 g/mol. The summed E-state index contributed by atoms with van der Waals surface area (Å²) in [6.45, 7) is 0.580. The summed E-state index contributed by atoms with van der Waals surface area (Å²) in [5.41, 5.74) is 5.30. The lowest BCUT2D eigenvalue weighted by Gasteiger charge is -2.05. The second-order valence-corrected chi connectivity index (χ2v) is 3.89. The van der Waals surface area contributed by atoms with E-state index in [1.807, 2.05) is 11.6 Å². The Bertz CT molecular complexity index is 595. The van der Waals surface area contributed by atoms with Crippen molar-refractivity contribution in [1.29, 1.82) is 0 Å². The van der Waals surface area contributed by atoms with Crippen LogP contribution in [0.1, 0.15) is 5.82 Å². The van der Waals surface area contributed by atoms with Gasteiger partial charge in [0.2, 0.25) is 5.82 Å². The lowest BCUT2D eigenvalue weighted by Crippen LogP contribution is -2.10. The molecule has 2 aromatic heterocycles. The SMILES string of the molecule is Cn1cnnc1CCNc1ccc([N+](=O)[O-])c(N)n1. The van der Waals surface area contributed by atoms with Gasteiger partial charge < -0.3 is 15.6 Å². The van der Waals surface area contributed by atoms with Gasteiger partial charge in [0.1, 0.15) is 18.0 Å². The highest BCUT2D eigenvalue weighted by atomic mass is 16.6. The number of nitro groups is 1. The summed E-state index contributed by atoms with van der Waals surface area (Å²) in [6.07, 6.45) is 2.28. The van der Waals surface area contributed by atoms with E-state index in [-0.39, 0.29) is 11.5 Å². The van der Waals surface area contributed by atoms with E-state index in [0.717, 1.165) is 5.82 Å². The predicted octanol–water partition coefficient (Wildman–Crippen LogP) is 0.355. The Kier molecular flexibility index (Phi) is 3.55. The molecule has 0 saturated carbocycles. The molecule has 0 aliphatic rings. The van der Waals surface area contributed by atoms with Gasteiger partial charge in [-0.3, -0.25) is 10.1 Å². The van der Waals surface area contributed by atoms with Gasteiger partial charge >= 0.3 is 5.69 Å². The average Bonchev–Trinajstić information content (AvgIpc) is 2.75. The van der Waals surface area contributed by atoms with Crippen LogP contribution in [0.5, 0.6) is 0 Å². The maximum absolute atomic E-state index is 10.6. The first-order valence-corrected chi connectivity index (χ1v) is 5.55. The largest absolute Gasteiger partial charge is 0.378 e. The van der Waals surface area contributed by atoms with E-state index in [1.54, 1.807) is 6.33 Å². The first kappa shape index (κ1) is 12.7. The standard InChI is InChI=1S/C10H13N7O2/c1-16-6-13-15-9(16)4-5-12-8-3-2-7(17(18)19)10(11)14-8/h2-3,6H,4-5H2,1H3,(H3,11,12,14). The third-order valence-electron chi connectivity index (χ3n) is 2.56. The minimum atomic E-state index is -0.564. The second-order valence-electron chi connectivity index (χ2n) is 3.89. The summed E-state index contributed by atoms with van der Waals surface area (Å²) in [4.78, 5) is 13.9. The Morgan fingerprint density at radius 1 is 1.53 bits per heavy atom. The van der Waals surface area contributed by atoms with Gasteiger partial charge in [-0.1, -0.05) is 0 Å². The first-order valence-electron chi connectivity index (χ1n) is 5.55. The summed E-state index contributed by atoms with van der Waals surface area (Å²) in [6, 6.07) is 2.85. The highest BCUT2D eigenvalue weighted by Crippen LogP contribution is 2.20. The fourth-order valence-corrected chi connectivity index (χ4v) is 1.56. The molecule has 0 radical (unpaired) electrons. The quantitative estimate of drug-likeness (QED) is 0.589. The van der Waals surface area contributed by atoms with Gasteiger partial charge in [0.05, 0.1) is 4.92 Å². The van der Waals surface area contributed by atoms with Crippen molar-refractivity contribution < 1.29 is 4.92 Å². The number of nitrogen functional groups attached to an aromatic ring is 1. The molecule has 100 valence electrons. The van der Waals surface area contributed by atoms with E-state index < -0.39 is 4.92 Å². The molecule has 0 spiro atoms. The molecular weight excluding hydrogens is 250 g/mol. The van der Waals surface area contributed by atoms with Crippen molar-refractivity contribution in [2.75, 3.05) is 17.6 Å². The lowest BCUT2D eigenvalue weighted by molar-refractivity contribution is -0.384. The van der Waals surface area contributed by atoms with Crippen LogP contribution >= 0.6 is 0 Å². The molecule has 0 unspecified atom stereocenters. The van der Waals surface area contributed by atoms with Crippen molar-refractivity contribution in [2.45, 2.75) is 6.42 Å². The first-order chi connectivity index (χ1) is 9.08. The minimum Gasteiger partial charge on any atom is -0.378 e. The van der Waals surface area contributed by atoms with E-state index >= 15 is 0 Å². The Hall–Kier alpha value is -2.71. The summed E-state index contributed by atoms with van der Waals surface area (Å²) >= 11 is 0. The normalized spacial score (nSPS) is 10.4. The van der Waals surface area contributed by atoms with Crippen molar-refractivity contribution in [2.24, 2.45) is 7.05 Å². The molecule has 2 aromatic rings. The number of anilines is 2. The molecule has 2 rings (SSSR count). The van der Waals surface area contributed by atoms with E-state index in [4.69, 9.17) is 5.73 Å². The van der Waals surface area contributed by atoms with Crippen LogP contribution in [0.4, 0.5) is 17.3 Å². The predicted molar refractivity (Wildman–Crippen MR) is 68.5 cm³/mol. The molecule has 0 bridgehead atoms. The lowest BCUT2D eigenvalue weighted by atomic mass is 10.3. The molecule has 3 N–H and O–H groups in total. The van der Waals surface area contributed by atoms with Gasteiger partial charge in [-0.2, -0.15) is 0 Å². The highest BCUT2D eigenvalue weighted by Gasteiger charge is 2.12. The molecule has 0 fully saturated rings. The maximum atomic E-state index is 10.6. The second kappa shape index (κ2) is 5.29. The van der Waals surface area contributed by atoms with E-state index in [0.29, 0.717) is 18.8 Å². The molecule has 9 heteroatoms. The Morgan fingerprint density at radius 2 is 2.32 bits per heavy atom. The number of aryl methyl sites for hydroxylation is 1. The molecule has 0 aromatic carbocycles. The zero-order chi connectivity index (χ0) is 13.8. The monoisotopic (exact) mass is 263 g/mol.